The Morgan fingerprint density at radius 2 is 1.62 bits per heavy atom. The molecule has 4 rings (SSSR count). The van der Waals surface area contributed by atoms with Crippen LogP contribution in [0.2, 0.25) is 5.02 Å². The highest BCUT2D eigenvalue weighted by Gasteiger charge is 2.48. The third-order valence-corrected chi connectivity index (χ3v) is 5.75. The molecule has 0 spiro atoms. The lowest BCUT2D eigenvalue weighted by molar-refractivity contribution is -0.144. The molecule has 2 aliphatic rings. The van der Waals surface area contributed by atoms with Gasteiger partial charge < -0.3 is 21.3 Å². The second kappa shape index (κ2) is 8.97. The van der Waals surface area contributed by atoms with E-state index in [2.05, 4.69) is 26.6 Å². The summed E-state index contributed by atoms with van der Waals surface area (Å²) >= 11 is 5.90. The van der Waals surface area contributed by atoms with E-state index < -0.39 is 30.2 Å². The fourth-order valence-electron chi connectivity index (χ4n) is 3.89. The Morgan fingerprint density at radius 3 is 2.28 bits per heavy atom. The van der Waals surface area contributed by atoms with Gasteiger partial charge in [0, 0.05) is 28.4 Å². The predicted octanol–water partition coefficient (Wildman–Crippen LogP) is 1.67. The average molecular weight is 456 g/mol. The van der Waals surface area contributed by atoms with Crippen LogP contribution in [-0.4, -0.2) is 36.0 Å². The highest BCUT2D eigenvalue weighted by atomic mass is 35.5. The van der Waals surface area contributed by atoms with Crippen LogP contribution < -0.4 is 26.6 Å². The monoisotopic (exact) mass is 455 g/mol. The summed E-state index contributed by atoms with van der Waals surface area (Å²) < 4.78 is 0. The van der Waals surface area contributed by atoms with Gasteiger partial charge in [0.1, 0.15) is 0 Å². The van der Waals surface area contributed by atoms with Crippen LogP contribution in [-0.2, 0) is 14.4 Å². The molecule has 9 nitrogen and oxygen atoms in total. The Morgan fingerprint density at radius 1 is 0.969 bits per heavy atom. The summed E-state index contributed by atoms with van der Waals surface area (Å²) in [5, 5.41) is 15.1. The molecule has 2 heterocycles. The molecule has 32 heavy (non-hydrogen) atoms. The first kappa shape index (κ1) is 21.8. The van der Waals surface area contributed by atoms with Gasteiger partial charge in [0.05, 0.1) is 18.0 Å². The summed E-state index contributed by atoms with van der Waals surface area (Å²) in [7, 11) is 0. The van der Waals surface area contributed by atoms with Crippen molar-refractivity contribution in [3.8, 4) is 0 Å². The van der Waals surface area contributed by atoms with Gasteiger partial charge in [0.15, 0.2) is 12.1 Å². The lowest BCUT2D eigenvalue weighted by Crippen LogP contribution is -2.72. The number of hydrogen-bond acceptors (Lipinski definition) is 6. The second-order valence-electron chi connectivity index (χ2n) is 7.76. The molecule has 5 N–H and O–H groups in total. The maximum atomic E-state index is 12.9. The number of carbonyl (C=O) groups is 4. The van der Waals surface area contributed by atoms with Crippen molar-refractivity contribution in [1.29, 1.82) is 0 Å². The number of fused-ring (bicyclic) bond motifs is 1. The van der Waals surface area contributed by atoms with Crippen LogP contribution >= 0.6 is 11.6 Å². The van der Waals surface area contributed by atoms with Crippen molar-refractivity contribution in [1.82, 2.24) is 16.0 Å². The van der Waals surface area contributed by atoms with Crippen molar-refractivity contribution in [3.63, 3.8) is 0 Å². The van der Waals surface area contributed by atoms with Gasteiger partial charge in [-0.3, -0.25) is 24.5 Å². The van der Waals surface area contributed by atoms with E-state index in [1.807, 2.05) is 0 Å². The Bertz CT molecular complexity index is 1060. The number of amides is 3. The molecule has 2 aromatic carbocycles. The molecule has 2 aromatic rings. The van der Waals surface area contributed by atoms with E-state index in [4.69, 9.17) is 11.6 Å². The number of halogens is 1. The summed E-state index contributed by atoms with van der Waals surface area (Å²) in [6, 6.07) is 13.4. The van der Waals surface area contributed by atoms with E-state index in [-0.39, 0.29) is 24.0 Å². The average Bonchev–Trinajstić information content (AvgIpc) is 2.75. The largest absolute Gasteiger partial charge is 0.353 e. The Kier molecular flexibility index (Phi) is 6.11. The number of piperidine rings is 1. The molecule has 2 aliphatic heterocycles. The molecular formula is C22H22ClN5O4. The number of carbonyl (C=O) groups excluding carboxylic acids is 4. The molecule has 10 heteroatoms. The van der Waals surface area contributed by atoms with Gasteiger partial charge in [-0.2, -0.15) is 0 Å². The van der Waals surface area contributed by atoms with E-state index in [0.29, 0.717) is 16.3 Å². The van der Waals surface area contributed by atoms with Gasteiger partial charge in [-0.05, 0) is 55.5 Å². The Balaban J connectivity index is 1.46. The molecule has 4 atom stereocenters. The van der Waals surface area contributed by atoms with Gasteiger partial charge in [-0.1, -0.05) is 11.6 Å². The minimum atomic E-state index is -0.856. The van der Waals surface area contributed by atoms with E-state index in [1.54, 1.807) is 48.5 Å². The lowest BCUT2D eigenvalue weighted by atomic mass is 9.81. The van der Waals surface area contributed by atoms with Crippen LogP contribution in [0.1, 0.15) is 23.7 Å². The molecule has 4 unspecified atom stereocenters. The van der Waals surface area contributed by atoms with Crippen molar-refractivity contribution in [2.75, 3.05) is 10.6 Å². The third kappa shape index (κ3) is 4.74. The molecule has 2 saturated heterocycles. The topological polar surface area (TPSA) is 128 Å². The first-order chi connectivity index (χ1) is 15.3. The number of rotatable bonds is 5. The van der Waals surface area contributed by atoms with Crippen LogP contribution in [0.3, 0.4) is 0 Å². The quantitative estimate of drug-likeness (QED) is 0.436. The smallest absolute Gasteiger partial charge is 0.229 e. The molecule has 0 aliphatic carbocycles. The Labute approximate surface area is 189 Å². The Hall–Kier alpha value is -3.43. The van der Waals surface area contributed by atoms with Crippen molar-refractivity contribution in [2.45, 2.75) is 25.8 Å². The van der Waals surface area contributed by atoms with Crippen LogP contribution in [0.25, 0.3) is 0 Å². The maximum Gasteiger partial charge on any atom is 0.229 e. The van der Waals surface area contributed by atoms with E-state index >= 15 is 0 Å². The molecule has 0 bridgehead atoms. The van der Waals surface area contributed by atoms with Gasteiger partial charge in [0.2, 0.25) is 17.7 Å². The minimum absolute atomic E-state index is 0.0821. The van der Waals surface area contributed by atoms with Gasteiger partial charge in [-0.15, -0.1) is 0 Å². The standard InChI is InChI=1S/C22H22ClN5O4/c1-11(29)12-2-6-14(7-3-12)24-20(31)16-10-17(30)26-19-18(16)21(32)28-22(27-19)25-15-8-4-13(23)5-9-15/h2-9,16,18-19,22,25,27H,10H2,1H3,(H,24,31)(H,26,30)(H,28,32). The number of nitrogens with one attached hydrogen (secondary N) is 5. The zero-order chi connectivity index (χ0) is 22.8. The second-order valence-corrected chi connectivity index (χ2v) is 8.20. The van der Waals surface area contributed by atoms with E-state index in [9.17, 15) is 19.2 Å². The molecule has 166 valence electrons. The summed E-state index contributed by atoms with van der Waals surface area (Å²) in [4.78, 5) is 49.5. The minimum Gasteiger partial charge on any atom is -0.353 e. The van der Waals surface area contributed by atoms with Gasteiger partial charge in [0.25, 0.3) is 0 Å². The van der Waals surface area contributed by atoms with Crippen LogP contribution in [0, 0.1) is 11.8 Å². The van der Waals surface area contributed by atoms with Crippen molar-refractivity contribution in [2.24, 2.45) is 11.8 Å². The van der Waals surface area contributed by atoms with Crippen molar-refractivity contribution in [3.05, 3.63) is 59.1 Å². The molecule has 3 amide bonds. The van der Waals surface area contributed by atoms with E-state index in [0.717, 1.165) is 5.69 Å². The third-order valence-electron chi connectivity index (χ3n) is 5.50. The van der Waals surface area contributed by atoms with Gasteiger partial charge in [-0.25, -0.2) is 0 Å². The zero-order valence-electron chi connectivity index (χ0n) is 17.1. The van der Waals surface area contributed by atoms with Crippen LogP contribution in [0.15, 0.2) is 48.5 Å². The SMILES string of the molecule is CC(=O)c1ccc(NC(=O)C2CC(=O)NC3NC(Nc4ccc(Cl)cc4)NC(=O)C32)cc1. The van der Waals surface area contributed by atoms with Crippen LogP contribution in [0.4, 0.5) is 11.4 Å². The molecule has 0 radical (unpaired) electrons. The molecule has 0 aromatic heterocycles. The number of ketones is 1. The highest BCUT2D eigenvalue weighted by Crippen LogP contribution is 2.28. The summed E-state index contributed by atoms with van der Waals surface area (Å²) in [6.45, 7) is 1.46. The first-order valence-corrected chi connectivity index (χ1v) is 10.5. The normalized spacial score (nSPS) is 24.6. The maximum absolute atomic E-state index is 12.9. The summed E-state index contributed by atoms with van der Waals surface area (Å²) in [6.07, 6.45) is -1.47. The van der Waals surface area contributed by atoms with E-state index in [1.165, 1.54) is 6.92 Å². The van der Waals surface area contributed by atoms with Gasteiger partial charge >= 0.3 is 0 Å². The predicted molar refractivity (Wildman–Crippen MR) is 119 cm³/mol. The fraction of sp³-hybridized carbons (Fsp3) is 0.273. The number of anilines is 2. The fourth-order valence-corrected chi connectivity index (χ4v) is 4.02. The molecular weight excluding hydrogens is 434 g/mol. The van der Waals surface area contributed by atoms with Crippen LogP contribution in [0.5, 0.6) is 0 Å². The number of benzene rings is 2. The highest BCUT2D eigenvalue weighted by molar-refractivity contribution is 6.30. The number of Topliss-reactive ketones (excluding diaryl/α,β-unsaturated/α-hetero) is 1. The lowest BCUT2D eigenvalue weighted by Gasteiger charge is -2.43. The summed E-state index contributed by atoms with van der Waals surface area (Å²) in [5.41, 5.74) is 1.72. The number of hydrogen-bond donors (Lipinski definition) is 5. The first-order valence-electron chi connectivity index (χ1n) is 10.1. The summed E-state index contributed by atoms with van der Waals surface area (Å²) in [5.74, 6) is -2.84. The van der Waals surface area contributed by atoms with Crippen molar-refractivity contribution >= 4 is 46.5 Å². The molecule has 2 fully saturated rings. The van der Waals surface area contributed by atoms with Crippen molar-refractivity contribution < 1.29 is 19.2 Å². The zero-order valence-corrected chi connectivity index (χ0v) is 17.9. The molecule has 0 saturated carbocycles.